The van der Waals surface area contributed by atoms with Crippen LogP contribution in [-0.4, -0.2) is 40.6 Å². The summed E-state index contributed by atoms with van der Waals surface area (Å²) in [4.78, 5) is 4.09. The standard InChI is InChI=1S/C16H21N3O4/c1-12-18-15(19-23-12)9-22-14-4-2-13(3-5-14)8-17-16(10-20)6-7-21-11-16/h2-5,17,20H,6-11H2,1H3. The fraction of sp³-hybridized carbons (Fsp3) is 0.500. The van der Waals surface area contributed by atoms with E-state index in [1.807, 2.05) is 24.3 Å². The smallest absolute Gasteiger partial charge is 0.223 e. The van der Waals surface area contributed by atoms with E-state index in [4.69, 9.17) is 14.0 Å². The zero-order valence-electron chi connectivity index (χ0n) is 13.1. The Labute approximate surface area is 134 Å². The largest absolute Gasteiger partial charge is 0.485 e. The lowest BCUT2D eigenvalue weighted by molar-refractivity contribution is 0.120. The van der Waals surface area contributed by atoms with E-state index in [2.05, 4.69) is 15.5 Å². The molecule has 0 bridgehead atoms. The van der Waals surface area contributed by atoms with Crippen molar-refractivity contribution in [1.82, 2.24) is 15.5 Å². The summed E-state index contributed by atoms with van der Waals surface area (Å²) >= 11 is 0. The highest BCUT2D eigenvalue weighted by Gasteiger charge is 2.33. The van der Waals surface area contributed by atoms with Crippen LogP contribution in [0.5, 0.6) is 5.75 Å². The van der Waals surface area contributed by atoms with Crippen LogP contribution in [0.2, 0.25) is 0 Å². The van der Waals surface area contributed by atoms with Gasteiger partial charge in [-0.25, -0.2) is 0 Å². The molecule has 2 heterocycles. The Morgan fingerprint density at radius 1 is 1.35 bits per heavy atom. The van der Waals surface area contributed by atoms with Gasteiger partial charge in [0.15, 0.2) is 6.61 Å². The van der Waals surface area contributed by atoms with Gasteiger partial charge in [0, 0.05) is 20.1 Å². The van der Waals surface area contributed by atoms with Crippen molar-refractivity contribution in [2.45, 2.75) is 32.0 Å². The van der Waals surface area contributed by atoms with Gasteiger partial charge in [0.2, 0.25) is 11.7 Å². The van der Waals surface area contributed by atoms with Crippen molar-refractivity contribution < 1.29 is 19.1 Å². The molecule has 124 valence electrons. The van der Waals surface area contributed by atoms with Gasteiger partial charge in [-0.1, -0.05) is 17.3 Å². The van der Waals surface area contributed by atoms with Crippen LogP contribution in [-0.2, 0) is 17.9 Å². The zero-order valence-corrected chi connectivity index (χ0v) is 13.1. The summed E-state index contributed by atoms with van der Waals surface area (Å²) < 4.78 is 15.9. The van der Waals surface area contributed by atoms with Crippen LogP contribution in [0.15, 0.2) is 28.8 Å². The third kappa shape index (κ3) is 4.07. The SMILES string of the molecule is Cc1nc(COc2ccc(CNC3(CO)CCOC3)cc2)no1. The first-order valence-corrected chi connectivity index (χ1v) is 7.64. The van der Waals surface area contributed by atoms with Crippen LogP contribution < -0.4 is 10.1 Å². The Morgan fingerprint density at radius 2 is 2.17 bits per heavy atom. The van der Waals surface area contributed by atoms with Crippen LogP contribution in [0, 0.1) is 6.92 Å². The van der Waals surface area contributed by atoms with Crippen molar-refractivity contribution in [3.8, 4) is 5.75 Å². The Balaban J connectivity index is 1.50. The number of aliphatic hydroxyl groups excluding tert-OH is 1. The Kier molecular flexibility index (Phi) is 4.90. The van der Waals surface area contributed by atoms with Gasteiger partial charge in [-0.2, -0.15) is 4.98 Å². The Hall–Kier alpha value is -1.96. The minimum Gasteiger partial charge on any atom is -0.485 e. The maximum atomic E-state index is 9.54. The van der Waals surface area contributed by atoms with Crippen LogP contribution in [0.3, 0.4) is 0 Å². The molecule has 0 amide bonds. The van der Waals surface area contributed by atoms with E-state index in [1.54, 1.807) is 6.92 Å². The molecule has 2 aromatic rings. The first kappa shape index (κ1) is 15.9. The number of aliphatic hydroxyl groups is 1. The van der Waals surface area contributed by atoms with Crippen LogP contribution in [0.25, 0.3) is 0 Å². The molecular formula is C16H21N3O4. The lowest BCUT2D eigenvalue weighted by atomic mass is 9.99. The first-order chi connectivity index (χ1) is 11.2. The normalized spacial score (nSPS) is 20.8. The van der Waals surface area contributed by atoms with Crippen LogP contribution >= 0.6 is 0 Å². The maximum Gasteiger partial charge on any atom is 0.223 e. The molecule has 0 aliphatic carbocycles. The van der Waals surface area contributed by atoms with Gasteiger partial charge < -0.3 is 24.4 Å². The molecule has 0 spiro atoms. The molecule has 23 heavy (non-hydrogen) atoms. The molecule has 0 saturated carbocycles. The topological polar surface area (TPSA) is 89.6 Å². The number of ether oxygens (including phenoxy) is 2. The van der Waals surface area contributed by atoms with Gasteiger partial charge in [-0.15, -0.1) is 0 Å². The molecule has 2 N–H and O–H groups in total. The van der Waals surface area contributed by atoms with E-state index in [1.165, 1.54) is 0 Å². The van der Waals surface area contributed by atoms with Gasteiger partial charge in [-0.3, -0.25) is 0 Å². The van der Waals surface area contributed by atoms with Gasteiger partial charge in [0.1, 0.15) is 5.75 Å². The number of benzene rings is 1. The summed E-state index contributed by atoms with van der Waals surface area (Å²) in [6, 6.07) is 7.79. The number of rotatable bonds is 7. The molecule has 7 heteroatoms. The monoisotopic (exact) mass is 319 g/mol. The summed E-state index contributed by atoms with van der Waals surface area (Å²) in [6.45, 7) is 4.02. The van der Waals surface area contributed by atoms with Gasteiger partial charge in [0.05, 0.1) is 18.8 Å². The average molecular weight is 319 g/mol. The van der Waals surface area contributed by atoms with E-state index < -0.39 is 0 Å². The predicted octanol–water partition coefficient (Wildman–Crippen LogP) is 1.20. The first-order valence-electron chi connectivity index (χ1n) is 7.64. The molecular weight excluding hydrogens is 298 g/mol. The molecule has 0 radical (unpaired) electrons. The predicted molar refractivity (Wildman–Crippen MR) is 81.9 cm³/mol. The molecule has 1 fully saturated rings. The summed E-state index contributed by atoms with van der Waals surface area (Å²) in [5.74, 6) is 1.80. The highest BCUT2D eigenvalue weighted by Crippen LogP contribution is 2.19. The fourth-order valence-electron chi connectivity index (χ4n) is 2.47. The summed E-state index contributed by atoms with van der Waals surface area (Å²) in [5.41, 5.74) is 0.804. The van der Waals surface area contributed by atoms with E-state index in [0.717, 1.165) is 17.7 Å². The zero-order chi connectivity index (χ0) is 16.1. The lowest BCUT2D eigenvalue weighted by Crippen LogP contribution is -2.48. The highest BCUT2D eigenvalue weighted by atomic mass is 16.5. The van der Waals surface area contributed by atoms with E-state index >= 15 is 0 Å². The molecule has 1 unspecified atom stereocenters. The second-order valence-corrected chi connectivity index (χ2v) is 5.76. The van der Waals surface area contributed by atoms with Crippen molar-refractivity contribution in [1.29, 1.82) is 0 Å². The van der Waals surface area contributed by atoms with Crippen LogP contribution in [0.1, 0.15) is 23.7 Å². The second-order valence-electron chi connectivity index (χ2n) is 5.76. The quantitative estimate of drug-likeness (QED) is 0.792. The molecule has 3 rings (SSSR count). The number of hydrogen-bond acceptors (Lipinski definition) is 7. The van der Waals surface area contributed by atoms with Gasteiger partial charge >= 0.3 is 0 Å². The van der Waals surface area contributed by atoms with Crippen molar-refractivity contribution in [2.75, 3.05) is 19.8 Å². The maximum absolute atomic E-state index is 9.54. The Bertz CT molecular complexity index is 621. The molecule has 1 atom stereocenters. The number of nitrogens with one attached hydrogen (secondary N) is 1. The van der Waals surface area contributed by atoms with Crippen molar-refractivity contribution >= 4 is 0 Å². The lowest BCUT2D eigenvalue weighted by Gasteiger charge is -2.26. The average Bonchev–Trinajstić information content (AvgIpc) is 3.21. The van der Waals surface area contributed by atoms with Crippen molar-refractivity contribution in [3.05, 3.63) is 41.5 Å². The number of nitrogens with zero attached hydrogens (tertiary/aromatic N) is 2. The highest BCUT2D eigenvalue weighted by molar-refractivity contribution is 5.27. The number of aryl methyl sites for hydroxylation is 1. The summed E-state index contributed by atoms with van der Waals surface area (Å²) in [5, 5.41) is 16.7. The molecule has 1 aliphatic rings. The minimum absolute atomic E-state index is 0.0817. The third-order valence-corrected chi connectivity index (χ3v) is 3.93. The molecule has 1 saturated heterocycles. The van der Waals surface area contributed by atoms with Gasteiger partial charge in [-0.05, 0) is 24.1 Å². The van der Waals surface area contributed by atoms with Crippen molar-refractivity contribution in [3.63, 3.8) is 0 Å². The molecule has 1 aromatic heterocycles. The van der Waals surface area contributed by atoms with Crippen LogP contribution in [0.4, 0.5) is 0 Å². The third-order valence-electron chi connectivity index (χ3n) is 3.93. The van der Waals surface area contributed by atoms with E-state index in [9.17, 15) is 5.11 Å². The minimum atomic E-state index is -0.314. The van der Waals surface area contributed by atoms with Gasteiger partial charge in [0.25, 0.3) is 0 Å². The number of hydrogen-bond donors (Lipinski definition) is 2. The van der Waals surface area contributed by atoms with E-state index in [0.29, 0.717) is 31.5 Å². The fourth-order valence-corrected chi connectivity index (χ4v) is 2.47. The van der Waals surface area contributed by atoms with E-state index in [-0.39, 0.29) is 18.8 Å². The summed E-state index contributed by atoms with van der Waals surface area (Å²) in [7, 11) is 0. The summed E-state index contributed by atoms with van der Waals surface area (Å²) in [6.07, 6.45) is 0.828. The number of aromatic nitrogens is 2. The molecule has 1 aromatic carbocycles. The molecule has 7 nitrogen and oxygen atoms in total. The Morgan fingerprint density at radius 3 is 2.78 bits per heavy atom. The van der Waals surface area contributed by atoms with Crippen molar-refractivity contribution in [2.24, 2.45) is 0 Å². The molecule has 1 aliphatic heterocycles. The second kappa shape index (κ2) is 7.08.